The van der Waals surface area contributed by atoms with Gasteiger partial charge in [-0.2, -0.15) is 0 Å². The van der Waals surface area contributed by atoms with E-state index in [2.05, 4.69) is 11.9 Å². The molecule has 1 nitrogen and oxygen atoms in total. The predicted molar refractivity (Wildman–Crippen MR) is 54.4 cm³/mol. The SMILES string of the molecule is C.CN1CCCC12CCCCC2. The number of hydrogen-bond donors (Lipinski definition) is 0. The highest BCUT2D eigenvalue weighted by molar-refractivity contribution is 4.95. The molecule has 0 radical (unpaired) electrons. The van der Waals surface area contributed by atoms with E-state index in [1.54, 1.807) is 0 Å². The lowest BCUT2D eigenvalue weighted by Crippen LogP contribution is -2.42. The fourth-order valence-corrected chi connectivity index (χ4v) is 2.91. The molecule has 1 aliphatic heterocycles. The Labute approximate surface area is 77.1 Å². The normalized spacial score (nSPS) is 28.8. The van der Waals surface area contributed by atoms with Gasteiger partial charge in [0.25, 0.3) is 0 Å². The first kappa shape index (κ1) is 10.0. The van der Waals surface area contributed by atoms with Gasteiger partial charge in [0.2, 0.25) is 0 Å². The monoisotopic (exact) mass is 169 g/mol. The number of hydrogen-bond acceptors (Lipinski definition) is 1. The molecule has 2 aliphatic rings. The van der Waals surface area contributed by atoms with Crippen LogP contribution in [0.15, 0.2) is 0 Å². The Kier molecular flexibility index (Phi) is 3.16. The van der Waals surface area contributed by atoms with Crippen LogP contribution in [0.1, 0.15) is 52.4 Å². The summed E-state index contributed by atoms with van der Waals surface area (Å²) >= 11 is 0. The van der Waals surface area contributed by atoms with Crippen molar-refractivity contribution in [3.05, 3.63) is 0 Å². The molecule has 0 aromatic rings. The van der Waals surface area contributed by atoms with Gasteiger partial charge in [0.1, 0.15) is 0 Å². The molecule has 0 N–H and O–H groups in total. The quantitative estimate of drug-likeness (QED) is 0.539. The van der Waals surface area contributed by atoms with Gasteiger partial charge < -0.3 is 4.90 Å². The van der Waals surface area contributed by atoms with E-state index in [9.17, 15) is 0 Å². The minimum absolute atomic E-state index is 0. The molecule has 1 heterocycles. The van der Waals surface area contributed by atoms with Crippen molar-refractivity contribution in [3.63, 3.8) is 0 Å². The van der Waals surface area contributed by atoms with Crippen LogP contribution < -0.4 is 0 Å². The summed E-state index contributed by atoms with van der Waals surface area (Å²) in [4.78, 5) is 2.62. The van der Waals surface area contributed by atoms with Crippen LogP contribution in [-0.4, -0.2) is 24.0 Å². The third kappa shape index (κ3) is 1.52. The Bertz CT molecular complexity index is 136. The topological polar surface area (TPSA) is 3.24 Å². The zero-order chi connectivity index (χ0) is 7.73. The fourth-order valence-electron chi connectivity index (χ4n) is 2.91. The van der Waals surface area contributed by atoms with E-state index in [4.69, 9.17) is 0 Å². The van der Waals surface area contributed by atoms with Crippen LogP contribution in [0.25, 0.3) is 0 Å². The van der Waals surface area contributed by atoms with Crippen molar-refractivity contribution in [1.29, 1.82) is 0 Å². The average molecular weight is 169 g/mol. The van der Waals surface area contributed by atoms with Gasteiger partial charge in [0.15, 0.2) is 0 Å². The lowest BCUT2D eigenvalue weighted by Gasteiger charge is -2.39. The molecule has 2 rings (SSSR count). The third-order valence-corrected chi connectivity index (χ3v) is 3.73. The highest BCUT2D eigenvalue weighted by Gasteiger charge is 2.38. The molecule has 0 bridgehead atoms. The van der Waals surface area contributed by atoms with Gasteiger partial charge in [-0.05, 0) is 39.3 Å². The maximum Gasteiger partial charge on any atom is 0.0207 e. The predicted octanol–water partition coefficient (Wildman–Crippen LogP) is 3.05. The van der Waals surface area contributed by atoms with Gasteiger partial charge in [0, 0.05) is 5.54 Å². The third-order valence-electron chi connectivity index (χ3n) is 3.73. The molecule has 2 fully saturated rings. The zero-order valence-corrected chi connectivity index (χ0v) is 7.60. The van der Waals surface area contributed by atoms with Crippen LogP contribution in [0.4, 0.5) is 0 Å². The Morgan fingerprint density at radius 2 is 1.50 bits per heavy atom. The van der Waals surface area contributed by atoms with Crippen LogP contribution in [0, 0.1) is 0 Å². The summed E-state index contributed by atoms with van der Waals surface area (Å²) < 4.78 is 0. The van der Waals surface area contributed by atoms with Crippen molar-refractivity contribution < 1.29 is 0 Å². The first-order valence-corrected chi connectivity index (χ1v) is 5.05. The summed E-state index contributed by atoms with van der Waals surface area (Å²) in [5, 5.41) is 0. The van der Waals surface area contributed by atoms with E-state index < -0.39 is 0 Å². The van der Waals surface area contributed by atoms with Gasteiger partial charge in [0.05, 0.1) is 0 Å². The summed E-state index contributed by atoms with van der Waals surface area (Å²) in [6, 6.07) is 0. The van der Waals surface area contributed by atoms with Crippen molar-refractivity contribution >= 4 is 0 Å². The Hall–Kier alpha value is -0.0400. The molecule has 0 atom stereocenters. The second-order valence-electron chi connectivity index (χ2n) is 4.31. The molecule has 0 unspecified atom stereocenters. The van der Waals surface area contributed by atoms with Crippen LogP contribution in [0.3, 0.4) is 0 Å². The molecule has 1 aliphatic carbocycles. The molecule has 0 amide bonds. The molecule has 72 valence electrons. The lowest BCUT2D eigenvalue weighted by atomic mass is 9.80. The number of rotatable bonds is 0. The van der Waals surface area contributed by atoms with E-state index in [-0.39, 0.29) is 7.43 Å². The molecule has 12 heavy (non-hydrogen) atoms. The Morgan fingerprint density at radius 1 is 0.917 bits per heavy atom. The van der Waals surface area contributed by atoms with Crippen LogP contribution in [0.2, 0.25) is 0 Å². The summed E-state index contributed by atoms with van der Waals surface area (Å²) in [6.45, 7) is 1.35. The van der Waals surface area contributed by atoms with E-state index in [0.717, 1.165) is 0 Å². The standard InChI is InChI=1S/C10H19N.CH4/c1-11-9-5-8-10(11)6-3-2-4-7-10;/h2-9H2,1H3;1H4. The van der Waals surface area contributed by atoms with Gasteiger partial charge in [-0.15, -0.1) is 0 Å². The Balaban J connectivity index is 0.000000720. The molecule has 0 aromatic heterocycles. The summed E-state index contributed by atoms with van der Waals surface area (Å²) in [5.74, 6) is 0. The van der Waals surface area contributed by atoms with Crippen molar-refractivity contribution in [2.45, 2.75) is 57.9 Å². The van der Waals surface area contributed by atoms with Crippen LogP contribution in [-0.2, 0) is 0 Å². The minimum atomic E-state index is 0. The summed E-state index contributed by atoms with van der Waals surface area (Å²) in [5.41, 5.74) is 0.665. The zero-order valence-electron chi connectivity index (χ0n) is 7.60. The van der Waals surface area contributed by atoms with Crippen LogP contribution in [0.5, 0.6) is 0 Å². The van der Waals surface area contributed by atoms with Gasteiger partial charge in [-0.1, -0.05) is 26.7 Å². The molecule has 1 saturated carbocycles. The first-order chi connectivity index (χ1) is 5.33. The van der Waals surface area contributed by atoms with E-state index in [1.807, 2.05) is 0 Å². The van der Waals surface area contributed by atoms with Gasteiger partial charge in [-0.3, -0.25) is 0 Å². The van der Waals surface area contributed by atoms with E-state index in [1.165, 1.54) is 51.5 Å². The summed E-state index contributed by atoms with van der Waals surface area (Å²) in [7, 11) is 2.32. The van der Waals surface area contributed by atoms with Crippen molar-refractivity contribution in [2.24, 2.45) is 0 Å². The molecule has 1 saturated heterocycles. The van der Waals surface area contributed by atoms with E-state index >= 15 is 0 Å². The lowest BCUT2D eigenvalue weighted by molar-refractivity contribution is 0.120. The maximum absolute atomic E-state index is 2.62. The van der Waals surface area contributed by atoms with Crippen LogP contribution >= 0.6 is 0 Å². The van der Waals surface area contributed by atoms with Crippen molar-refractivity contribution in [1.82, 2.24) is 4.90 Å². The van der Waals surface area contributed by atoms with Gasteiger partial charge >= 0.3 is 0 Å². The minimum Gasteiger partial charge on any atom is -0.301 e. The van der Waals surface area contributed by atoms with Crippen molar-refractivity contribution in [2.75, 3.05) is 13.6 Å². The Morgan fingerprint density at radius 3 is 2.00 bits per heavy atom. The van der Waals surface area contributed by atoms with Gasteiger partial charge in [-0.25, -0.2) is 0 Å². The number of likely N-dealkylation sites (tertiary alicyclic amines) is 1. The van der Waals surface area contributed by atoms with E-state index in [0.29, 0.717) is 5.54 Å². The average Bonchev–Trinajstić information content (AvgIpc) is 2.36. The fraction of sp³-hybridized carbons (Fsp3) is 1.00. The molecule has 0 aromatic carbocycles. The molecule has 1 heteroatoms. The molecular formula is C11H23N. The number of nitrogens with zero attached hydrogens (tertiary/aromatic N) is 1. The highest BCUT2D eigenvalue weighted by atomic mass is 15.2. The second-order valence-corrected chi connectivity index (χ2v) is 4.31. The maximum atomic E-state index is 2.62. The molecule has 1 spiro atoms. The molecular weight excluding hydrogens is 146 g/mol. The largest absolute Gasteiger partial charge is 0.301 e. The first-order valence-electron chi connectivity index (χ1n) is 5.05. The second kappa shape index (κ2) is 3.78. The van der Waals surface area contributed by atoms with Crippen molar-refractivity contribution in [3.8, 4) is 0 Å². The smallest absolute Gasteiger partial charge is 0.0207 e. The summed E-state index contributed by atoms with van der Waals surface area (Å²) in [6.07, 6.45) is 10.3. The highest BCUT2D eigenvalue weighted by Crippen LogP contribution is 2.40.